The van der Waals surface area contributed by atoms with E-state index in [-0.39, 0.29) is 17.2 Å². The number of benzene rings is 2. The molecule has 1 N–H and O–H groups in total. The van der Waals surface area contributed by atoms with Crippen molar-refractivity contribution in [1.29, 1.82) is 0 Å². The Kier molecular flexibility index (Phi) is 13.3. The number of ether oxygens (including phenoxy) is 1. The molecule has 0 atom stereocenters. The number of halogens is 1. The quantitative estimate of drug-likeness (QED) is 0.130. The van der Waals surface area contributed by atoms with Gasteiger partial charge in [-0.25, -0.2) is 4.39 Å². The number of nitrogens with one attached hydrogen (secondary N) is 1. The lowest BCUT2D eigenvalue weighted by Gasteiger charge is -2.10. The summed E-state index contributed by atoms with van der Waals surface area (Å²) in [4.78, 5) is 14.0. The molecule has 0 spiro atoms. The Morgan fingerprint density at radius 2 is 1.61 bits per heavy atom. The molecule has 0 saturated heterocycles. The van der Waals surface area contributed by atoms with E-state index in [0.717, 1.165) is 24.9 Å². The van der Waals surface area contributed by atoms with Gasteiger partial charge in [-0.3, -0.25) is 4.79 Å². The number of carbonyl (C=O) groups excluding carboxylic acids is 1. The van der Waals surface area contributed by atoms with Gasteiger partial charge in [-0.05, 0) is 43.7 Å². The van der Waals surface area contributed by atoms with Gasteiger partial charge in [-0.1, -0.05) is 101 Å². The molecular weight excluding hydrogens is 495 g/mol. The number of hydrogen-bond acceptors (Lipinski definition) is 3. The summed E-state index contributed by atoms with van der Waals surface area (Å²) in [6.07, 6.45) is 17.4. The number of anilines is 1. The highest BCUT2D eigenvalue weighted by Gasteiger charge is 2.12. The van der Waals surface area contributed by atoms with Crippen LogP contribution in [0.2, 0.25) is 0 Å². The molecule has 1 aromatic heterocycles. The van der Waals surface area contributed by atoms with Gasteiger partial charge in [-0.2, -0.15) is 4.57 Å². The number of aryl methyl sites for hydroxylation is 1. The van der Waals surface area contributed by atoms with Gasteiger partial charge in [0, 0.05) is 16.8 Å². The number of aromatic nitrogens is 1. The first-order valence-electron chi connectivity index (χ1n) is 14.3. The summed E-state index contributed by atoms with van der Waals surface area (Å²) in [7, 11) is 0. The Morgan fingerprint density at radius 1 is 0.921 bits per heavy atom. The lowest BCUT2D eigenvalue weighted by molar-refractivity contribution is -0.683. The van der Waals surface area contributed by atoms with Crippen molar-refractivity contribution in [2.75, 3.05) is 11.9 Å². The number of rotatable bonds is 18. The van der Waals surface area contributed by atoms with Gasteiger partial charge in [0.1, 0.15) is 0 Å². The van der Waals surface area contributed by atoms with Crippen LogP contribution in [0, 0.1) is 12.7 Å². The average molecular weight is 540 g/mol. The molecule has 0 saturated carbocycles. The Labute approximate surface area is 232 Å². The standard InChI is InChI=1S/C32H43FN2O2S/c1-3-4-5-6-7-8-9-10-11-12-13-14-20-37-31-19-18-28(22-30(31)33)32(36)34-29-17-15-16-27(21-29)24-35-23-26(2)38-25-35/h15-19,21-23,25H,3-14,20,24H2,1-2H3/p+1. The fourth-order valence-corrected chi connectivity index (χ4v) is 5.21. The number of amides is 1. The first kappa shape index (κ1) is 29.8. The molecule has 0 aliphatic carbocycles. The fourth-order valence-electron chi connectivity index (χ4n) is 4.57. The summed E-state index contributed by atoms with van der Waals surface area (Å²) in [6, 6.07) is 12.1. The molecule has 3 aromatic rings. The van der Waals surface area contributed by atoms with Crippen LogP contribution in [-0.2, 0) is 6.54 Å². The molecule has 4 nitrogen and oxygen atoms in total. The van der Waals surface area contributed by atoms with Crippen molar-refractivity contribution < 1.29 is 18.5 Å². The largest absolute Gasteiger partial charge is 0.491 e. The van der Waals surface area contributed by atoms with Crippen molar-refractivity contribution in [2.45, 2.75) is 97.4 Å². The SMILES string of the molecule is CCCCCCCCCCCCCCOc1ccc(C(=O)Nc2cccc(C[n+]3csc(C)c3)c2)cc1F. The van der Waals surface area contributed by atoms with E-state index in [4.69, 9.17) is 4.74 Å². The van der Waals surface area contributed by atoms with E-state index in [0.29, 0.717) is 12.3 Å². The third-order valence-corrected chi connectivity index (χ3v) is 7.57. The summed E-state index contributed by atoms with van der Waals surface area (Å²) in [5.41, 5.74) is 4.12. The fraction of sp³-hybridized carbons (Fsp3) is 0.500. The minimum absolute atomic E-state index is 0.203. The smallest absolute Gasteiger partial charge is 0.255 e. The summed E-state index contributed by atoms with van der Waals surface area (Å²) in [6.45, 7) is 5.56. The van der Waals surface area contributed by atoms with Crippen molar-refractivity contribution >= 4 is 22.9 Å². The zero-order valence-electron chi connectivity index (χ0n) is 23.1. The van der Waals surface area contributed by atoms with Crippen LogP contribution in [0.15, 0.2) is 54.2 Å². The zero-order valence-corrected chi connectivity index (χ0v) is 24.0. The van der Waals surface area contributed by atoms with Gasteiger partial charge in [0.15, 0.2) is 24.3 Å². The maximum absolute atomic E-state index is 14.6. The van der Waals surface area contributed by atoms with Crippen molar-refractivity contribution in [3.8, 4) is 5.75 Å². The monoisotopic (exact) mass is 539 g/mol. The minimum atomic E-state index is -0.505. The highest BCUT2D eigenvalue weighted by molar-refractivity contribution is 7.09. The molecule has 0 aliphatic heterocycles. The predicted molar refractivity (Wildman–Crippen MR) is 156 cm³/mol. The van der Waals surface area contributed by atoms with Crippen LogP contribution < -0.4 is 14.6 Å². The molecule has 1 amide bonds. The number of carbonyl (C=O) groups is 1. The van der Waals surface area contributed by atoms with E-state index in [1.54, 1.807) is 23.5 Å². The second kappa shape index (κ2) is 17.0. The van der Waals surface area contributed by atoms with Gasteiger partial charge in [0.2, 0.25) is 5.51 Å². The molecule has 206 valence electrons. The van der Waals surface area contributed by atoms with Gasteiger partial charge < -0.3 is 10.1 Å². The summed E-state index contributed by atoms with van der Waals surface area (Å²) in [5.74, 6) is -0.642. The molecule has 0 fully saturated rings. The predicted octanol–water partition coefficient (Wildman–Crippen LogP) is 8.86. The van der Waals surface area contributed by atoms with Crippen molar-refractivity contribution in [1.82, 2.24) is 0 Å². The first-order chi connectivity index (χ1) is 18.5. The molecule has 0 radical (unpaired) electrons. The number of nitrogens with zero attached hydrogens (tertiary/aromatic N) is 1. The molecule has 0 bridgehead atoms. The normalized spacial score (nSPS) is 11.0. The second-order valence-corrected chi connectivity index (χ2v) is 11.3. The minimum Gasteiger partial charge on any atom is -0.491 e. The molecule has 0 unspecified atom stereocenters. The first-order valence-corrected chi connectivity index (χ1v) is 15.2. The van der Waals surface area contributed by atoms with E-state index in [1.807, 2.05) is 24.3 Å². The summed E-state index contributed by atoms with van der Waals surface area (Å²) < 4.78 is 22.4. The molecule has 2 aromatic carbocycles. The van der Waals surface area contributed by atoms with Gasteiger partial charge in [-0.15, -0.1) is 0 Å². The summed E-state index contributed by atoms with van der Waals surface area (Å²) >= 11 is 1.70. The molecule has 1 heterocycles. The maximum Gasteiger partial charge on any atom is 0.255 e. The zero-order chi connectivity index (χ0) is 27.0. The molecule has 6 heteroatoms. The van der Waals surface area contributed by atoms with E-state index >= 15 is 0 Å². The molecular formula is C32H44FN2O2S+. The van der Waals surface area contributed by atoms with Gasteiger partial charge in [0.25, 0.3) is 5.91 Å². The van der Waals surface area contributed by atoms with Crippen LogP contribution in [0.3, 0.4) is 0 Å². The van der Waals surface area contributed by atoms with Crippen LogP contribution in [0.1, 0.15) is 105 Å². The highest BCUT2D eigenvalue weighted by Crippen LogP contribution is 2.21. The summed E-state index contributed by atoms with van der Waals surface area (Å²) in [5, 5.41) is 2.88. The number of hydrogen-bond donors (Lipinski definition) is 1. The van der Waals surface area contributed by atoms with Crippen molar-refractivity contribution in [3.05, 3.63) is 76.0 Å². The van der Waals surface area contributed by atoms with E-state index in [2.05, 4.69) is 35.4 Å². The third-order valence-electron chi connectivity index (χ3n) is 6.72. The van der Waals surface area contributed by atoms with Crippen LogP contribution in [-0.4, -0.2) is 12.5 Å². The van der Waals surface area contributed by atoms with Crippen LogP contribution >= 0.6 is 11.3 Å². The topological polar surface area (TPSA) is 42.2 Å². The van der Waals surface area contributed by atoms with E-state index in [1.165, 1.54) is 75.2 Å². The van der Waals surface area contributed by atoms with E-state index < -0.39 is 5.82 Å². The highest BCUT2D eigenvalue weighted by atomic mass is 32.1. The Morgan fingerprint density at radius 3 is 2.24 bits per heavy atom. The Bertz CT molecular complexity index is 1110. The third kappa shape index (κ3) is 10.9. The van der Waals surface area contributed by atoms with Crippen molar-refractivity contribution in [2.24, 2.45) is 0 Å². The molecule has 3 rings (SSSR count). The lowest BCUT2D eigenvalue weighted by Crippen LogP contribution is -2.30. The molecule has 38 heavy (non-hydrogen) atoms. The van der Waals surface area contributed by atoms with Crippen molar-refractivity contribution in [3.63, 3.8) is 0 Å². The van der Waals surface area contributed by atoms with E-state index in [9.17, 15) is 9.18 Å². The molecule has 0 aliphatic rings. The van der Waals surface area contributed by atoms with Gasteiger partial charge in [0.05, 0.1) is 11.5 Å². The van der Waals surface area contributed by atoms with Crippen LogP contribution in [0.4, 0.5) is 10.1 Å². The van der Waals surface area contributed by atoms with Crippen LogP contribution in [0.5, 0.6) is 5.75 Å². The second-order valence-electron chi connectivity index (χ2n) is 10.2. The number of thiazole rings is 1. The average Bonchev–Trinajstić information content (AvgIpc) is 3.32. The maximum atomic E-state index is 14.6. The lowest BCUT2D eigenvalue weighted by atomic mass is 10.1. The Balaban J connectivity index is 1.33. The van der Waals surface area contributed by atoms with Crippen LogP contribution in [0.25, 0.3) is 0 Å². The Hall–Kier alpha value is -2.73. The van der Waals surface area contributed by atoms with Gasteiger partial charge >= 0.3 is 0 Å². The number of unbranched alkanes of at least 4 members (excludes halogenated alkanes) is 11.